The molecule has 0 bridgehead atoms. The van der Waals surface area contributed by atoms with Crippen LogP contribution in [0.5, 0.6) is 11.5 Å². The first-order chi connectivity index (χ1) is 9.76. The zero-order chi connectivity index (χ0) is 13.9. The molecule has 2 fully saturated rings. The van der Waals surface area contributed by atoms with Gasteiger partial charge in [-0.25, -0.2) is 0 Å². The van der Waals surface area contributed by atoms with E-state index in [0.717, 1.165) is 29.9 Å². The van der Waals surface area contributed by atoms with Crippen LogP contribution >= 0.6 is 0 Å². The molecule has 2 aliphatic rings. The largest absolute Gasteiger partial charge is 0.493 e. The van der Waals surface area contributed by atoms with Gasteiger partial charge >= 0.3 is 5.97 Å². The molecular formula is C16H20O4. The third-order valence-electron chi connectivity index (χ3n) is 4.11. The van der Waals surface area contributed by atoms with Gasteiger partial charge in [0, 0.05) is 5.92 Å². The molecule has 3 rings (SSSR count). The van der Waals surface area contributed by atoms with Crippen LogP contribution in [-0.2, 0) is 9.53 Å². The van der Waals surface area contributed by atoms with Gasteiger partial charge in [-0.3, -0.25) is 4.79 Å². The summed E-state index contributed by atoms with van der Waals surface area (Å²) in [6.07, 6.45) is 5.43. The van der Waals surface area contributed by atoms with E-state index in [9.17, 15) is 4.79 Å². The van der Waals surface area contributed by atoms with Gasteiger partial charge in [0.1, 0.15) is 0 Å². The van der Waals surface area contributed by atoms with Gasteiger partial charge in [0.25, 0.3) is 0 Å². The quantitative estimate of drug-likeness (QED) is 0.793. The molecule has 1 heterocycles. The number of esters is 1. The summed E-state index contributed by atoms with van der Waals surface area (Å²) in [4.78, 5) is 11.2. The summed E-state index contributed by atoms with van der Waals surface area (Å²) in [6, 6.07) is 5.92. The average molecular weight is 276 g/mol. The van der Waals surface area contributed by atoms with Crippen LogP contribution in [0.3, 0.4) is 0 Å². The molecule has 0 amide bonds. The van der Waals surface area contributed by atoms with Crippen LogP contribution in [0.4, 0.5) is 0 Å². The molecule has 4 heteroatoms. The predicted molar refractivity (Wildman–Crippen MR) is 74.2 cm³/mol. The van der Waals surface area contributed by atoms with E-state index in [1.54, 1.807) is 7.11 Å². The molecule has 0 aromatic heterocycles. The summed E-state index contributed by atoms with van der Waals surface area (Å²) < 4.78 is 16.5. The van der Waals surface area contributed by atoms with Crippen molar-refractivity contribution >= 4 is 5.97 Å². The summed E-state index contributed by atoms with van der Waals surface area (Å²) >= 11 is 0. The molecule has 108 valence electrons. The number of benzene rings is 1. The zero-order valence-corrected chi connectivity index (χ0v) is 11.8. The number of ether oxygens (including phenoxy) is 3. The van der Waals surface area contributed by atoms with Gasteiger partial charge in [-0.1, -0.05) is 6.07 Å². The first-order valence-corrected chi connectivity index (χ1v) is 7.26. The summed E-state index contributed by atoms with van der Waals surface area (Å²) in [5.41, 5.74) is 1.09. The fraction of sp³-hybridized carbons (Fsp3) is 0.562. The van der Waals surface area contributed by atoms with Crippen molar-refractivity contribution in [3.63, 3.8) is 0 Å². The lowest BCUT2D eigenvalue weighted by atomic mass is 9.98. The SMILES string of the molecule is COc1ccc([C@@H]2COC(=O)C2)cc1OC1CCCC1. The maximum atomic E-state index is 11.2. The van der Waals surface area contributed by atoms with Crippen LogP contribution in [0.2, 0.25) is 0 Å². The number of hydrogen-bond acceptors (Lipinski definition) is 4. The Morgan fingerprint density at radius 3 is 2.65 bits per heavy atom. The summed E-state index contributed by atoms with van der Waals surface area (Å²) in [6.45, 7) is 0.466. The topological polar surface area (TPSA) is 44.8 Å². The van der Waals surface area contributed by atoms with E-state index in [4.69, 9.17) is 14.2 Å². The summed E-state index contributed by atoms with van der Waals surface area (Å²) in [7, 11) is 1.65. The van der Waals surface area contributed by atoms with Gasteiger partial charge < -0.3 is 14.2 Å². The smallest absolute Gasteiger partial charge is 0.306 e. The van der Waals surface area contributed by atoms with Crippen LogP contribution in [0.25, 0.3) is 0 Å². The van der Waals surface area contributed by atoms with Crippen LogP contribution in [0, 0.1) is 0 Å². The van der Waals surface area contributed by atoms with E-state index in [2.05, 4.69) is 0 Å². The number of cyclic esters (lactones) is 1. The number of rotatable bonds is 4. The van der Waals surface area contributed by atoms with E-state index in [0.29, 0.717) is 19.1 Å². The zero-order valence-electron chi connectivity index (χ0n) is 11.8. The standard InChI is InChI=1S/C16H20O4/c1-18-14-7-6-11(12-9-16(17)19-10-12)8-15(14)20-13-4-2-3-5-13/h6-8,12-13H,2-5,9-10H2,1H3/t12-/m0/s1. The third-order valence-corrected chi connectivity index (χ3v) is 4.11. The number of carbonyl (C=O) groups excluding carboxylic acids is 1. The molecule has 1 atom stereocenters. The van der Waals surface area contributed by atoms with Crippen molar-refractivity contribution in [3.8, 4) is 11.5 Å². The second-order valence-corrected chi connectivity index (χ2v) is 5.52. The summed E-state index contributed by atoms with van der Waals surface area (Å²) in [5.74, 6) is 1.56. The van der Waals surface area contributed by atoms with Gasteiger partial charge in [-0.05, 0) is 43.4 Å². The van der Waals surface area contributed by atoms with Gasteiger partial charge in [0.2, 0.25) is 0 Å². The van der Waals surface area contributed by atoms with Gasteiger partial charge in [-0.2, -0.15) is 0 Å². The highest BCUT2D eigenvalue weighted by Crippen LogP contribution is 2.36. The Hall–Kier alpha value is -1.71. The minimum Gasteiger partial charge on any atom is -0.493 e. The first kappa shape index (κ1) is 13.3. The number of hydrogen-bond donors (Lipinski definition) is 0. The number of carbonyl (C=O) groups is 1. The molecule has 20 heavy (non-hydrogen) atoms. The Bertz CT molecular complexity index is 491. The highest BCUT2D eigenvalue weighted by Gasteiger charge is 2.26. The highest BCUT2D eigenvalue weighted by atomic mass is 16.5. The van der Waals surface area contributed by atoms with Crippen molar-refractivity contribution in [2.45, 2.75) is 44.1 Å². The van der Waals surface area contributed by atoms with Gasteiger partial charge in [0.05, 0.1) is 26.2 Å². The monoisotopic (exact) mass is 276 g/mol. The average Bonchev–Trinajstić information content (AvgIpc) is 3.10. The Kier molecular flexibility index (Phi) is 3.81. The lowest BCUT2D eigenvalue weighted by Gasteiger charge is -2.18. The van der Waals surface area contributed by atoms with E-state index in [1.807, 2.05) is 18.2 Å². The molecule has 1 saturated heterocycles. The van der Waals surface area contributed by atoms with Crippen molar-refractivity contribution in [2.24, 2.45) is 0 Å². The van der Waals surface area contributed by atoms with Crippen LogP contribution in [0.1, 0.15) is 43.6 Å². The molecule has 1 aromatic rings. The summed E-state index contributed by atoms with van der Waals surface area (Å²) in [5, 5.41) is 0. The highest BCUT2D eigenvalue weighted by molar-refractivity contribution is 5.73. The second-order valence-electron chi connectivity index (χ2n) is 5.52. The molecule has 0 unspecified atom stereocenters. The molecule has 1 aromatic carbocycles. The van der Waals surface area contributed by atoms with E-state index in [-0.39, 0.29) is 11.9 Å². The van der Waals surface area contributed by atoms with Crippen molar-refractivity contribution in [1.82, 2.24) is 0 Å². The van der Waals surface area contributed by atoms with Gasteiger partial charge in [0.15, 0.2) is 11.5 Å². The van der Waals surface area contributed by atoms with Crippen molar-refractivity contribution in [3.05, 3.63) is 23.8 Å². The fourth-order valence-electron chi connectivity index (χ4n) is 2.95. The molecule has 0 radical (unpaired) electrons. The first-order valence-electron chi connectivity index (χ1n) is 7.26. The Labute approximate surface area is 119 Å². The fourth-order valence-corrected chi connectivity index (χ4v) is 2.95. The van der Waals surface area contributed by atoms with E-state index < -0.39 is 0 Å². The minimum absolute atomic E-state index is 0.121. The third kappa shape index (κ3) is 2.74. The van der Waals surface area contributed by atoms with Crippen molar-refractivity contribution < 1.29 is 19.0 Å². The minimum atomic E-state index is -0.121. The lowest BCUT2D eigenvalue weighted by molar-refractivity contribution is -0.137. The van der Waals surface area contributed by atoms with Crippen molar-refractivity contribution in [2.75, 3.05) is 13.7 Å². The van der Waals surface area contributed by atoms with Crippen LogP contribution < -0.4 is 9.47 Å². The lowest BCUT2D eigenvalue weighted by Crippen LogP contribution is -2.12. The Morgan fingerprint density at radius 2 is 2.00 bits per heavy atom. The second kappa shape index (κ2) is 5.73. The molecule has 1 saturated carbocycles. The van der Waals surface area contributed by atoms with Crippen LogP contribution in [-0.4, -0.2) is 25.8 Å². The maximum Gasteiger partial charge on any atom is 0.306 e. The molecule has 0 spiro atoms. The predicted octanol–water partition coefficient (Wildman–Crippen LogP) is 3.05. The molecule has 0 N–H and O–H groups in total. The molecule has 1 aliphatic heterocycles. The number of methoxy groups -OCH3 is 1. The molecular weight excluding hydrogens is 256 g/mol. The Balaban J connectivity index is 1.80. The van der Waals surface area contributed by atoms with Crippen molar-refractivity contribution in [1.29, 1.82) is 0 Å². The Morgan fingerprint density at radius 1 is 1.20 bits per heavy atom. The van der Waals surface area contributed by atoms with E-state index >= 15 is 0 Å². The van der Waals surface area contributed by atoms with Crippen LogP contribution in [0.15, 0.2) is 18.2 Å². The van der Waals surface area contributed by atoms with E-state index in [1.165, 1.54) is 12.8 Å². The molecule has 1 aliphatic carbocycles. The molecule has 4 nitrogen and oxygen atoms in total. The maximum absolute atomic E-state index is 11.2. The normalized spacial score (nSPS) is 22.9. The van der Waals surface area contributed by atoms with Gasteiger partial charge in [-0.15, -0.1) is 0 Å².